The van der Waals surface area contributed by atoms with Crippen LogP contribution < -0.4 is 5.32 Å². The lowest BCUT2D eigenvalue weighted by Crippen LogP contribution is -2.19. The Balaban J connectivity index is 2.24. The molecule has 0 aliphatic carbocycles. The summed E-state index contributed by atoms with van der Waals surface area (Å²) in [6.07, 6.45) is 3.39. The van der Waals surface area contributed by atoms with Gasteiger partial charge >= 0.3 is 0 Å². The molecule has 0 bridgehead atoms. The quantitative estimate of drug-likeness (QED) is 0.658. The second-order valence-corrected chi connectivity index (χ2v) is 2.98. The molecule has 1 aromatic carbocycles. The average molecular weight is 158 g/mol. The third-order valence-corrected chi connectivity index (χ3v) is 2.14. The van der Waals surface area contributed by atoms with Gasteiger partial charge in [-0.15, -0.1) is 0 Å². The highest BCUT2D eigenvalue weighted by Crippen LogP contribution is 2.18. The Hall–Kier alpha value is -1.08. The van der Waals surface area contributed by atoms with Crippen molar-refractivity contribution in [1.82, 2.24) is 5.32 Å². The second kappa shape index (κ2) is 3.55. The summed E-state index contributed by atoms with van der Waals surface area (Å²) < 4.78 is 0. The Morgan fingerprint density at radius 3 is 3.08 bits per heavy atom. The standard InChI is InChI=1S/C11H12N/c1-2-4-10(5-3-1)11-6-8-12-9-7-11/h1-2,4-6,12H,7-9H2. The van der Waals surface area contributed by atoms with Gasteiger partial charge in [-0.3, -0.25) is 0 Å². The van der Waals surface area contributed by atoms with Crippen LogP contribution in [0.1, 0.15) is 12.0 Å². The zero-order chi connectivity index (χ0) is 8.23. The number of rotatable bonds is 1. The van der Waals surface area contributed by atoms with Gasteiger partial charge < -0.3 is 5.32 Å². The monoisotopic (exact) mass is 158 g/mol. The van der Waals surface area contributed by atoms with Gasteiger partial charge in [0, 0.05) is 6.54 Å². The highest BCUT2D eigenvalue weighted by molar-refractivity contribution is 5.66. The van der Waals surface area contributed by atoms with Crippen molar-refractivity contribution in [2.75, 3.05) is 13.1 Å². The van der Waals surface area contributed by atoms with Crippen LogP contribution in [0.25, 0.3) is 5.57 Å². The van der Waals surface area contributed by atoms with Gasteiger partial charge in [0.15, 0.2) is 0 Å². The minimum absolute atomic E-state index is 1.00. The van der Waals surface area contributed by atoms with Crippen LogP contribution in [-0.2, 0) is 0 Å². The molecule has 1 aliphatic rings. The van der Waals surface area contributed by atoms with Gasteiger partial charge in [0.1, 0.15) is 0 Å². The van der Waals surface area contributed by atoms with Gasteiger partial charge in [-0.1, -0.05) is 24.3 Å². The van der Waals surface area contributed by atoms with Crippen molar-refractivity contribution in [3.05, 3.63) is 42.0 Å². The molecule has 0 saturated carbocycles. The topological polar surface area (TPSA) is 12.0 Å². The molecule has 1 N–H and O–H groups in total. The summed E-state index contributed by atoms with van der Waals surface area (Å²) in [7, 11) is 0. The fourth-order valence-corrected chi connectivity index (χ4v) is 1.48. The molecule has 0 saturated heterocycles. The molecule has 1 nitrogen and oxygen atoms in total. The lowest BCUT2D eigenvalue weighted by Gasteiger charge is -2.13. The van der Waals surface area contributed by atoms with E-state index >= 15 is 0 Å². The highest BCUT2D eigenvalue weighted by atomic mass is 14.8. The van der Waals surface area contributed by atoms with Crippen LogP contribution in [0.5, 0.6) is 0 Å². The van der Waals surface area contributed by atoms with Gasteiger partial charge in [-0.2, -0.15) is 0 Å². The van der Waals surface area contributed by atoms with E-state index in [1.54, 1.807) is 0 Å². The minimum atomic E-state index is 1.00. The predicted octanol–water partition coefficient (Wildman–Crippen LogP) is 1.86. The van der Waals surface area contributed by atoms with Crippen molar-refractivity contribution in [1.29, 1.82) is 0 Å². The van der Waals surface area contributed by atoms with Gasteiger partial charge in [0.05, 0.1) is 0 Å². The van der Waals surface area contributed by atoms with Crippen molar-refractivity contribution >= 4 is 5.57 Å². The molecule has 0 spiro atoms. The molecular weight excluding hydrogens is 146 g/mol. The lowest BCUT2D eigenvalue weighted by atomic mass is 10.0. The van der Waals surface area contributed by atoms with Crippen LogP contribution in [0.3, 0.4) is 0 Å². The van der Waals surface area contributed by atoms with Crippen LogP contribution in [-0.4, -0.2) is 13.1 Å². The second-order valence-electron chi connectivity index (χ2n) is 2.98. The first-order valence-corrected chi connectivity index (χ1v) is 4.33. The van der Waals surface area contributed by atoms with E-state index in [2.05, 4.69) is 29.6 Å². The van der Waals surface area contributed by atoms with Crippen LogP contribution in [0.4, 0.5) is 0 Å². The Morgan fingerprint density at radius 1 is 1.42 bits per heavy atom. The fourth-order valence-electron chi connectivity index (χ4n) is 1.48. The molecule has 1 radical (unpaired) electrons. The molecule has 0 amide bonds. The first-order valence-electron chi connectivity index (χ1n) is 4.33. The smallest absolute Gasteiger partial charge is 0.0140 e. The van der Waals surface area contributed by atoms with Gasteiger partial charge in [0.2, 0.25) is 0 Å². The zero-order valence-electron chi connectivity index (χ0n) is 7.01. The Morgan fingerprint density at radius 2 is 2.42 bits per heavy atom. The van der Waals surface area contributed by atoms with Crippen LogP contribution >= 0.6 is 0 Å². The van der Waals surface area contributed by atoms with Crippen LogP contribution in [0.15, 0.2) is 30.3 Å². The summed E-state index contributed by atoms with van der Waals surface area (Å²) in [5.74, 6) is 0. The van der Waals surface area contributed by atoms with E-state index in [0.29, 0.717) is 0 Å². The summed E-state index contributed by atoms with van der Waals surface area (Å²) in [6, 6.07) is 11.3. The van der Waals surface area contributed by atoms with E-state index in [1.807, 2.05) is 12.1 Å². The van der Waals surface area contributed by atoms with Gasteiger partial charge in [-0.25, -0.2) is 0 Å². The maximum Gasteiger partial charge on any atom is 0.0140 e. The Bertz CT molecular complexity index is 274. The first kappa shape index (κ1) is 7.56. The van der Waals surface area contributed by atoms with E-state index in [1.165, 1.54) is 11.1 Å². The number of hydrogen-bond acceptors (Lipinski definition) is 1. The van der Waals surface area contributed by atoms with E-state index in [-0.39, 0.29) is 0 Å². The molecule has 1 aliphatic heterocycles. The number of nitrogens with one attached hydrogen (secondary N) is 1. The molecule has 1 heterocycles. The largest absolute Gasteiger partial charge is 0.313 e. The molecular formula is C11H12N. The number of hydrogen-bond donors (Lipinski definition) is 1. The minimum Gasteiger partial charge on any atom is -0.313 e. The zero-order valence-corrected chi connectivity index (χ0v) is 7.01. The third-order valence-electron chi connectivity index (χ3n) is 2.14. The number of benzene rings is 1. The van der Waals surface area contributed by atoms with Crippen molar-refractivity contribution in [3.63, 3.8) is 0 Å². The molecule has 1 aromatic rings. The summed E-state index contributed by atoms with van der Waals surface area (Å²) in [5, 5.41) is 3.30. The molecule has 0 atom stereocenters. The Labute approximate surface area is 73.1 Å². The molecule has 2 rings (SSSR count). The average Bonchev–Trinajstić information content (AvgIpc) is 2.21. The molecule has 61 valence electrons. The summed E-state index contributed by atoms with van der Waals surface area (Å²) in [5.41, 5.74) is 2.77. The highest BCUT2D eigenvalue weighted by Gasteiger charge is 2.03. The molecule has 12 heavy (non-hydrogen) atoms. The first-order chi connectivity index (χ1) is 5.97. The maximum atomic E-state index is 3.30. The fraction of sp³-hybridized carbons (Fsp3) is 0.273. The SMILES string of the molecule is [c]1cccc(C2=CCNCC2)c1. The van der Waals surface area contributed by atoms with E-state index in [9.17, 15) is 0 Å². The maximum absolute atomic E-state index is 3.30. The van der Waals surface area contributed by atoms with Crippen molar-refractivity contribution in [3.8, 4) is 0 Å². The van der Waals surface area contributed by atoms with Crippen LogP contribution in [0.2, 0.25) is 0 Å². The normalized spacial score (nSPS) is 17.2. The van der Waals surface area contributed by atoms with Crippen molar-refractivity contribution in [2.45, 2.75) is 6.42 Å². The van der Waals surface area contributed by atoms with E-state index in [4.69, 9.17) is 0 Å². The van der Waals surface area contributed by atoms with E-state index < -0.39 is 0 Å². The molecule has 0 fully saturated rings. The summed E-state index contributed by atoms with van der Waals surface area (Å²) in [6.45, 7) is 2.10. The predicted molar refractivity (Wildman–Crippen MR) is 50.7 cm³/mol. The molecule has 1 heteroatoms. The summed E-state index contributed by atoms with van der Waals surface area (Å²) >= 11 is 0. The van der Waals surface area contributed by atoms with Gasteiger partial charge in [0.25, 0.3) is 0 Å². The van der Waals surface area contributed by atoms with Crippen molar-refractivity contribution in [2.24, 2.45) is 0 Å². The lowest BCUT2D eigenvalue weighted by molar-refractivity contribution is 0.738. The molecule has 0 unspecified atom stereocenters. The molecule has 0 aromatic heterocycles. The van der Waals surface area contributed by atoms with Crippen molar-refractivity contribution < 1.29 is 0 Å². The Kier molecular flexibility index (Phi) is 2.23. The third kappa shape index (κ3) is 1.56. The van der Waals surface area contributed by atoms with E-state index in [0.717, 1.165) is 19.5 Å². The summed E-state index contributed by atoms with van der Waals surface area (Å²) in [4.78, 5) is 0. The van der Waals surface area contributed by atoms with Crippen LogP contribution in [0, 0.1) is 6.07 Å². The van der Waals surface area contributed by atoms with Gasteiger partial charge in [-0.05, 0) is 36.2 Å².